The highest BCUT2D eigenvalue weighted by Gasteiger charge is 2.20. The molecule has 4 nitrogen and oxygen atoms in total. The van der Waals surface area contributed by atoms with E-state index in [1.807, 2.05) is 27.7 Å². The topological polar surface area (TPSA) is 49.8 Å². The molecule has 0 bridgehead atoms. The molecule has 0 fully saturated rings. The molecule has 0 saturated heterocycles. The summed E-state index contributed by atoms with van der Waals surface area (Å²) in [5.41, 5.74) is -0.464. The number of hydrogen-bond acceptors (Lipinski definition) is 3. The normalized spacial score (nSPS) is 13.6. The predicted octanol–water partition coefficient (Wildman–Crippen LogP) is 1.48. The van der Waals surface area contributed by atoms with Gasteiger partial charge >= 0.3 is 6.09 Å². The van der Waals surface area contributed by atoms with Crippen molar-refractivity contribution in [1.29, 1.82) is 0 Å². The molecule has 0 aliphatic carbocycles. The Labute approximate surface area is 85.9 Å². The highest BCUT2D eigenvalue weighted by Crippen LogP contribution is 2.09. The highest BCUT2D eigenvalue weighted by atomic mass is 16.6. The van der Waals surface area contributed by atoms with E-state index in [2.05, 4.69) is 0 Å². The second kappa shape index (κ2) is 5.20. The minimum atomic E-state index is -0.464. The first-order chi connectivity index (χ1) is 6.26. The minimum absolute atomic E-state index is 0.0764. The van der Waals surface area contributed by atoms with E-state index in [1.54, 1.807) is 7.05 Å². The van der Waals surface area contributed by atoms with Crippen LogP contribution in [0.5, 0.6) is 0 Å². The molecule has 1 atom stereocenters. The number of carbonyl (C=O) groups is 1. The standard InChI is InChI=1S/C10H21NO3/c1-8(7-12)6-11(5)9(13)14-10(2,3)4/h8,12H,6-7H2,1-5H3. The molecule has 0 aromatic rings. The Morgan fingerprint density at radius 3 is 2.36 bits per heavy atom. The number of rotatable bonds is 3. The SMILES string of the molecule is CC(CO)CN(C)C(=O)OC(C)(C)C. The minimum Gasteiger partial charge on any atom is -0.444 e. The molecule has 1 N–H and O–H groups in total. The van der Waals surface area contributed by atoms with Crippen molar-refractivity contribution in [2.75, 3.05) is 20.2 Å². The molecule has 0 rings (SSSR count). The number of carbonyl (C=O) groups excluding carboxylic acids is 1. The summed E-state index contributed by atoms with van der Waals surface area (Å²) in [5.74, 6) is 0.0764. The van der Waals surface area contributed by atoms with Crippen molar-refractivity contribution < 1.29 is 14.6 Å². The van der Waals surface area contributed by atoms with Crippen LogP contribution in [-0.2, 0) is 4.74 Å². The molecule has 0 saturated carbocycles. The van der Waals surface area contributed by atoms with E-state index >= 15 is 0 Å². The van der Waals surface area contributed by atoms with Gasteiger partial charge in [-0.05, 0) is 26.7 Å². The van der Waals surface area contributed by atoms with Gasteiger partial charge in [0.25, 0.3) is 0 Å². The summed E-state index contributed by atoms with van der Waals surface area (Å²) >= 11 is 0. The van der Waals surface area contributed by atoms with Crippen LogP contribution in [0.3, 0.4) is 0 Å². The Morgan fingerprint density at radius 1 is 1.50 bits per heavy atom. The molecule has 14 heavy (non-hydrogen) atoms. The van der Waals surface area contributed by atoms with Gasteiger partial charge in [0.15, 0.2) is 0 Å². The lowest BCUT2D eigenvalue weighted by atomic mass is 10.2. The molecule has 0 radical (unpaired) electrons. The molecule has 0 aliphatic heterocycles. The largest absolute Gasteiger partial charge is 0.444 e. The predicted molar refractivity (Wildman–Crippen MR) is 55.1 cm³/mol. The average Bonchev–Trinajstić information content (AvgIpc) is 2.00. The van der Waals surface area contributed by atoms with Crippen molar-refractivity contribution in [2.45, 2.75) is 33.3 Å². The van der Waals surface area contributed by atoms with Crippen molar-refractivity contribution in [2.24, 2.45) is 5.92 Å². The van der Waals surface area contributed by atoms with E-state index in [4.69, 9.17) is 9.84 Å². The van der Waals surface area contributed by atoms with Crippen LogP contribution < -0.4 is 0 Å². The number of aliphatic hydroxyl groups is 1. The van der Waals surface area contributed by atoms with E-state index in [1.165, 1.54) is 4.90 Å². The van der Waals surface area contributed by atoms with Gasteiger partial charge in [0.05, 0.1) is 0 Å². The summed E-state index contributed by atoms with van der Waals surface area (Å²) in [6, 6.07) is 0. The highest BCUT2D eigenvalue weighted by molar-refractivity contribution is 5.67. The van der Waals surface area contributed by atoms with E-state index < -0.39 is 5.60 Å². The van der Waals surface area contributed by atoms with Gasteiger partial charge in [-0.1, -0.05) is 6.92 Å². The van der Waals surface area contributed by atoms with Gasteiger partial charge in [-0.25, -0.2) is 4.79 Å². The van der Waals surface area contributed by atoms with E-state index in [0.717, 1.165) is 0 Å². The first-order valence-electron chi connectivity index (χ1n) is 4.81. The van der Waals surface area contributed by atoms with Crippen molar-refractivity contribution >= 4 is 6.09 Å². The fourth-order valence-electron chi connectivity index (χ4n) is 0.940. The maximum atomic E-state index is 11.4. The first kappa shape index (κ1) is 13.2. The molecule has 0 aromatic heterocycles. The van der Waals surface area contributed by atoms with E-state index in [9.17, 15) is 4.79 Å². The third-order valence-electron chi connectivity index (χ3n) is 1.60. The smallest absolute Gasteiger partial charge is 0.410 e. The fraction of sp³-hybridized carbons (Fsp3) is 0.900. The Balaban J connectivity index is 4.00. The fourth-order valence-corrected chi connectivity index (χ4v) is 0.940. The van der Waals surface area contributed by atoms with Crippen molar-refractivity contribution in [3.05, 3.63) is 0 Å². The van der Waals surface area contributed by atoms with Crippen molar-refractivity contribution in [3.63, 3.8) is 0 Å². The number of nitrogens with zero attached hydrogens (tertiary/aromatic N) is 1. The van der Waals surface area contributed by atoms with Crippen molar-refractivity contribution in [3.8, 4) is 0 Å². The molecule has 84 valence electrons. The quantitative estimate of drug-likeness (QED) is 0.756. The van der Waals surface area contributed by atoms with Crippen LogP contribution in [0, 0.1) is 5.92 Å². The van der Waals surface area contributed by atoms with Crippen LogP contribution in [0.15, 0.2) is 0 Å². The van der Waals surface area contributed by atoms with Gasteiger partial charge in [0.2, 0.25) is 0 Å². The lowest BCUT2D eigenvalue weighted by molar-refractivity contribution is 0.0262. The second-order valence-corrected chi connectivity index (χ2v) is 4.65. The van der Waals surface area contributed by atoms with Crippen LogP contribution in [0.1, 0.15) is 27.7 Å². The van der Waals surface area contributed by atoms with E-state index in [0.29, 0.717) is 6.54 Å². The summed E-state index contributed by atoms with van der Waals surface area (Å²) in [7, 11) is 1.67. The van der Waals surface area contributed by atoms with Crippen LogP contribution in [0.25, 0.3) is 0 Å². The molecule has 1 amide bonds. The van der Waals surface area contributed by atoms with Crippen LogP contribution in [-0.4, -0.2) is 41.9 Å². The monoisotopic (exact) mass is 203 g/mol. The Kier molecular flexibility index (Phi) is 4.91. The van der Waals surface area contributed by atoms with Crippen LogP contribution in [0.2, 0.25) is 0 Å². The zero-order valence-electron chi connectivity index (χ0n) is 9.70. The van der Waals surface area contributed by atoms with Crippen molar-refractivity contribution in [1.82, 2.24) is 4.90 Å². The molecule has 4 heteroatoms. The number of hydrogen-bond donors (Lipinski definition) is 1. The zero-order chi connectivity index (χ0) is 11.4. The van der Waals surface area contributed by atoms with E-state index in [-0.39, 0.29) is 18.6 Å². The maximum absolute atomic E-state index is 11.4. The molecular weight excluding hydrogens is 182 g/mol. The molecule has 1 unspecified atom stereocenters. The summed E-state index contributed by atoms with van der Waals surface area (Å²) in [6.45, 7) is 7.94. The van der Waals surface area contributed by atoms with Gasteiger partial charge in [0.1, 0.15) is 5.60 Å². The van der Waals surface area contributed by atoms with Gasteiger partial charge in [0, 0.05) is 20.2 Å². The maximum Gasteiger partial charge on any atom is 0.410 e. The third-order valence-corrected chi connectivity index (χ3v) is 1.60. The molecule has 0 heterocycles. The Bertz CT molecular complexity index is 186. The van der Waals surface area contributed by atoms with Gasteiger partial charge < -0.3 is 14.7 Å². The lowest BCUT2D eigenvalue weighted by Crippen LogP contribution is -2.37. The third kappa shape index (κ3) is 5.80. The van der Waals surface area contributed by atoms with Crippen LogP contribution in [0.4, 0.5) is 4.79 Å². The van der Waals surface area contributed by atoms with Gasteiger partial charge in [-0.3, -0.25) is 0 Å². The Hall–Kier alpha value is -0.770. The summed E-state index contributed by atoms with van der Waals surface area (Å²) in [4.78, 5) is 12.9. The lowest BCUT2D eigenvalue weighted by Gasteiger charge is -2.25. The second-order valence-electron chi connectivity index (χ2n) is 4.65. The number of aliphatic hydroxyl groups excluding tert-OH is 1. The first-order valence-corrected chi connectivity index (χ1v) is 4.81. The van der Waals surface area contributed by atoms with Gasteiger partial charge in [-0.2, -0.15) is 0 Å². The summed E-state index contributed by atoms with van der Waals surface area (Å²) < 4.78 is 5.15. The molecule has 0 aromatic carbocycles. The number of amides is 1. The molecular formula is C10H21NO3. The molecule has 0 aliphatic rings. The van der Waals surface area contributed by atoms with Gasteiger partial charge in [-0.15, -0.1) is 0 Å². The zero-order valence-corrected chi connectivity index (χ0v) is 9.70. The Morgan fingerprint density at radius 2 is 2.00 bits per heavy atom. The summed E-state index contributed by atoms with van der Waals surface area (Å²) in [5, 5.41) is 8.82. The van der Waals surface area contributed by atoms with Crippen LogP contribution >= 0.6 is 0 Å². The number of ether oxygens (including phenoxy) is 1. The summed E-state index contributed by atoms with van der Waals surface area (Å²) in [6.07, 6.45) is -0.349. The average molecular weight is 203 g/mol. The molecule has 0 spiro atoms.